The maximum atomic E-state index is 5.91. The summed E-state index contributed by atoms with van der Waals surface area (Å²) in [5, 5.41) is 0.640. The molecule has 0 radical (unpaired) electrons. The number of hydrogen-bond donors (Lipinski definition) is 1. The highest BCUT2D eigenvalue weighted by molar-refractivity contribution is 7.80. The highest BCUT2D eigenvalue weighted by Gasteiger charge is 2.21. The van der Waals surface area contributed by atoms with E-state index in [1.165, 1.54) is 12.8 Å². The number of nitrogens with two attached hydrogens (primary N) is 1. The largest absolute Gasteiger partial charge is 0.493 e. The highest BCUT2D eigenvalue weighted by Crippen LogP contribution is 2.32. The summed E-state index contributed by atoms with van der Waals surface area (Å²) < 4.78 is 5.68. The SMILES string of the molecule is NC(=S)c1ccc(Cl)cc1OCCC1CC1. The van der Waals surface area contributed by atoms with Crippen LogP contribution in [0.2, 0.25) is 5.02 Å². The van der Waals surface area contributed by atoms with Crippen LogP contribution in [0.5, 0.6) is 5.75 Å². The van der Waals surface area contributed by atoms with Crippen molar-refractivity contribution >= 4 is 28.8 Å². The van der Waals surface area contributed by atoms with E-state index in [4.69, 9.17) is 34.3 Å². The molecule has 86 valence electrons. The van der Waals surface area contributed by atoms with Crippen LogP contribution in [0.15, 0.2) is 18.2 Å². The second kappa shape index (κ2) is 5.02. The van der Waals surface area contributed by atoms with Gasteiger partial charge in [-0.25, -0.2) is 0 Å². The zero-order valence-electron chi connectivity index (χ0n) is 8.91. The van der Waals surface area contributed by atoms with E-state index in [2.05, 4.69) is 0 Å². The third kappa shape index (κ3) is 3.09. The predicted octanol–water partition coefficient (Wildman–Crippen LogP) is 3.15. The summed E-state index contributed by atoms with van der Waals surface area (Å²) in [6.07, 6.45) is 3.77. The number of thiocarbonyl (C=S) groups is 1. The molecule has 1 aliphatic rings. The van der Waals surface area contributed by atoms with Gasteiger partial charge >= 0.3 is 0 Å². The van der Waals surface area contributed by atoms with Crippen molar-refractivity contribution in [3.05, 3.63) is 28.8 Å². The molecule has 4 heteroatoms. The van der Waals surface area contributed by atoms with Crippen molar-refractivity contribution in [1.29, 1.82) is 0 Å². The summed E-state index contributed by atoms with van der Waals surface area (Å²) in [7, 11) is 0. The van der Waals surface area contributed by atoms with Crippen molar-refractivity contribution in [3.8, 4) is 5.75 Å². The van der Waals surface area contributed by atoms with Crippen LogP contribution in [0.3, 0.4) is 0 Å². The molecule has 16 heavy (non-hydrogen) atoms. The second-order valence-electron chi connectivity index (χ2n) is 4.09. The molecule has 1 saturated carbocycles. The van der Waals surface area contributed by atoms with Crippen molar-refractivity contribution < 1.29 is 4.74 Å². The molecular formula is C12H14ClNOS. The van der Waals surface area contributed by atoms with Gasteiger partial charge in [0.25, 0.3) is 0 Å². The van der Waals surface area contributed by atoms with Gasteiger partial charge in [-0.1, -0.05) is 36.7 Å². The van der Waals surface area contributed by atoms with Crippen molar-refractivity contribution in [3.63, 3.8) is 0 Å². The van der Waals surface area contributed by atoms with Gasteiger partial charge in [-0.05, 0) is 30.5 Å². The minimum absolute atomic E-state index is 0.345. The van der Waals surface area contributed by atoms with E-state index in [1.807, 2.05) is 0 Å². The number of halogens is 1. The van der Waals surface area contributed by atoms with E-state index >= 15 is 0 Å². The van der Waals surface area contributed by atoms with Crippen LogP contribution in [0.1, 0.15) is 24.8 Å². The Bertz CT molecular complexity index is 404. The first-order chi connectivity index (χ1) is 7.66. The minimum atomic E-state index is 0.345. The van der Waals surface area contributed by atoms with Crippen LogP contribution in [0, 0.1) is 5.92 Å². The van der Waals surface area contributed by atoms with Gasteiger partial charge in [-0.2, -0.15) is 0 Å². The molecule has 1 aromatic carbocycles. The number of benzene rings is 1. The van der Waals surface area contributed by atoms with E-state index in [0.29, 0.717) is 22.4 Å². The molecule has 0 heterocycles. The first kappa shape index (κ1) is 11.7. The highest BCUT2D eigenvalue weighted by atomic mass is 35.5. The Morgan fingerprint density at radius 3 is 2.88 bits per heavy atom. The van der Waals surface area contributed by atoms with Crippen molar-refractivity contribution in [2.24, 2.45) is 11.7 Å². The topological polar surface area (TPSA) is 35.2 Å². The second-order valence-corrected chi connectivity index (χ2v) is 4.96. The molecule has 1 aromatic rings. The Kier molecular flexibility index (Phi) is 3.66. The number of ether oxygens (including phenoxy) is 1. The van der Waals surface area contributed by atoms with Gasteiger partial charge in [-0.3, -0.25) is 0 Å². The van der Waals surface area contributed by atoms with Crippen LogP contribution in [-0.4, -0.2) is 11.6 Å². The van der Waals surface area contributed by atoms with Gasteiger partial charge in [0.1, 0.15) is 10.7 Å². The fourth-order valence-corrected chi connectivity index (χ4v) is 1.89. The van der Waals surface area contributed by atoms with Crippen LogP contribution < -0.4 is 10.5 Å². The molecule has 0 aliphatic heterocycles. The molecule has 2 nitrogen and oxygen atoms in total. The molecule has 2 N–H and O–H groups in total. The zero-order chi connectivity index (χ0) is 11.5. The van der Waals surface area contributed by atoms with Gasteiger partial charge in [0, 0.05) is 5.02 Å². The van der Waals surface area contributed by atoms with Crippen LogP contribution >= 0.6 is 23.8 Å². The van der Waals surface area contributed by atoms with E-state index in [1.54, 1.807) is 18.2 Å². The predicted molar refractivity (Wildman–Crippen MR) is 70.2 cm³/mol. The lowest BCUT2D eigenvalue weighted by Gasteiger charge is -2.10. The normalized spacial score (nSPS) is 14.8. The van der Waals surface area contributed by atoms with Crippen LogP contribution in [0.4, 0.5) is 0 Å². The lowest BCUT2D eigenvalue weighted by Crippen LogP contribution is -2.12. The summed E-state index contributed by atoms with van der Waals surface area (Å²) in [6, 6.07) is 5.34. The fourth-order valence-electron chi connectivity index (χ4n) is 1.56. The average Bonchev–Trinajstić information content (AvgIpc) is 3.01. The molecule has 1 aliphatic carbocycles. The Balaban J connectivity index is 2.03. The minimum Gasteiger partial charge on any atom is -0.493 e. The molecule has 0 bridgehead atoms. The molecule has 0 spiro atoms. The molecule has 0 unspecified atom stereocenters. The molecule has 0 aromatic heterocycles. The Morgan fingerprint density at radius 2 is 2.25 bits per heavy atom. The molecule has 0 atom stereocenters. The van der Waals surface area contributed by atoms with Gasteiger partial charge in [-0.15, -0.1) is 0 Å². The molecular weight excluding hydrogens is 242 g/mol. The van der Waals surface area contributed by atoms with E-state index in [-0.39, 0.29) is 0 Å². The van der Waals surface area contributed by atoms with Crippen molar-refractivity contribution in [2.45, 2.75) is 19.3 Å². The Morgan fingerprint density at radius 1 is 1.50 bits per heavy atom. The Hall–Kier alpha value is -0.800. The molecule has 1 fully saturated rings. The lowest BCUT2D eigenvalue weighted by molar-refractivity contribution is 0.302. The van der Waals surface area contributed by atoms with E-state index < -0.39 is 0 Å². The van der Waals surface area contributed by atoms with Crippen molar-refractivity contribution in [2.75, 3.05) is 6.61 Å². The zero-order valence-corrected chi connectivity index (χ0v) is 10.5. The monoisotopic (exact) mass is 255 g/mol. The fraction of sp³-hybridized carbons (Fsp3) is 0.417. The standard InChI is InChI=1S/C12H14ClNOS/c13-9-3-4-10(12(14)16)11(7-9)15-6-5-8-1-2-8/h3-4,7-8H,1-2,5-6H2,(H2,14,16). The summed E-state index contributed by atoms with van der Waals surface area (Å²) in [5.41, 5.74) is 6.38. The van der Waals surface area contributed by atoms with Gasteiger partial charge < -0.3 is 10.5 Å². The number of hydrogen-bond acceptors (Lipinski definition) is 2. The van der Waals surface area contributed by atoms with E-state index in [9.17, 15) is 0 Å². The summed E-state index contributed by atoms with van der Waals surface area (Å²) in [6.45, 7) is 0.709. The maximum Gasteiger partial charge on any atom is 0.130 e. The van der Waals surface area contributed by atoms with E-state index in [0.717, 1.165) is 17.9 Å². The third-order valence-corrected chi connectivity index (χ3v) is 3.14. The van der Waals surface area contributed by atoms with Crippen LogP contribution in [-0.2, 0) is 0 Å². The number of rotatable bonds is 5. The first-order valence-electron chi connectivity index (χ1n) is 5.39. The van der Waals surface area contributed by atoms with Crippen molar-refractivity contribution in [1.82, 2.24) is 0 Å². The summed E-state index contributed by atoms with van der Waals surface area (Å²) in [5.74, 6) is 1.55. The average molecular weight is 256 g/mol. The molecule has 2 rings (SSSR count). The smallest absolute Gasteiger partial charge is 0.130 e. The molecule has 0 amide bonds. The maximum absolute atomic E-state index is 5.91. The third-order valence-electron chi connectivity index (χ3n) is 2.69. The quantitative estimate of drug-likeness (QED) is 0.821. The Labute approximate surface area is 106 Å². The van der Waals surface area contributed by atoms with Crippen LogP contribution in [0.25, 0.3) is 0 Å². The first-order valence-corrected chi connectivity index (χ1v) is 6.17. The van der Waals surface area contributed by atoms with Gasteiger partial charge in [0.05, 0.1) is 12.2 Å². The lowest BCUT2D eigenvalue weighted by atomic mass is 10.2. The summed E-state index contributed by atoms with van der Waals surface area (Å²) in [4.78, 5) is 0.345. The van der Waals surface area contributed by atoms with Gasteiger partial charge in [0.15, 0.2) is 0 Å². The summed E-state index contributed by atoms with van der Waals surface area (Å²) >= 11 is 10.9. The molecule has 0 saturated heterocycles. The van der Waals surface area contributed by atoms with Gasteiger partial charge in [0.2, 0.25) is 0 Å².